The monoisotopic (exact) mass is 241 g/mol. The number of alkyl halides is 3. The smallest absolute Gasteiger partial charge is 0.398 e. The summed E-state index contributed by atoms with van der Waals surface area (Å²) >= 11 is 5.38. The molecule has 0 heterocycles. The summed E-state index contributed by atoms with van der Waals surface area (Å²) in [7, 11) is 0. The van der Waals surface area contributed by atoms with Gasteiger partial charge in [0, 0.05) is 17.2 Å². The van der Waals surface area contributed by atoms with Crippen molar-refractivity contribution in [3.05, 3.63) is 33.3 Å². The SMILES string of the molecule is O=[N+]([O-])c1ccc(Cl)cc1OC(F)(F)F. The van der Waals surface area contributed by atoms with Crippen molar-refractivity contribution in [2.45, 2.75) is 6.36 Å². The molecule has 0 fully saturated rings. The molecular formula is C7H3ClF3NO3. The lowest BCUT2D eigenvalue weighted by atomic mass is 10.3. The summed E-state index contributed by atoms with van der Waals surface area (Å²) in [5.41, 5.74) is -0.795. The van der Waals surface area contributed by atoms with Crippen LogP contribution in [0, 0.1) is 10.1 Å². The van der Waals surface area contributed by atoms with Crippen LogP contribution in [0.15, 0.2) is 18.2 Å². The van der Waals surface area contributed by atoms with Gasteiger partial charge in [-0.1, -0.05) is 11.6 Å². The van der Waals surface area contributed by atoms with E-state index < -0.39 is 22.7 Å². The van der Waals surface area contributed by atoms with Gasteiger partial charge >= 0.3 is 12.0 Å². The molecule has 0 bridgehead atoms. The molecule has 1 aromatic rings. The Morgan fingerprint density at radius 1 is 1.40 bits per heavy atom. The third kappa shape index (κ3) is 3.28. The minimum atomic E-state index is -4.99. The van der Waals surface area contributed by atoms with Crippen LogP contribution in [0.1, 0.15) is 0 Å². The lowest BCUT2D eigenvalue weighted by molar-refractivity contribution is -0.388. The summed E-state index contributed by atoms with van der Waals surface area (Å²) in [4.78, 5) is 9.35. The quantitative estimate of drug-likeness (QED) is 0.590. The van der Waals surface area contributed by atoms with E-state index >= 15 is 0 Å². The van der Waals surface area contributed by atoms with Gasteiger partial charge < -0.3 is 4.74 Å². The maximum Gasteiger partial charge on any atom is 0.573 e. The van der Waals surface area contributed by atoms with Crippen molar-refractivity contribution in [3.63, 3.8) is 0 Å². The van der Waals surface area contributed by atoms with Gasteiger partial charge in [0.15, 0.2) is 0 Å². The van der Waals surface area contributed by atoms with Crippen LogP contribution in [0.25, 0.3) is 0 Å². The fraction of sp³-hybridized carbons (Fsp3) is 0.143. The second-order valence-corrected chi connectivity index (χ2v) is 2.85. The molecule has 1 rings (SSSR count). The third-order valence-electron chi connectivity index (χ3n) is 1.34. The highest BCUT2D eigenvalue weighted by atomic mass is 35.5. The molecule has 0 radical (unpaired) electrons. The first-order valence-corrected chi connectivity index (χ1v) is 3.87. The normalized spacial score (nSPS) is 11.2. The highest BCUT2D eigenvalue weighted by molar-refractivity contribution is 6.30. The molecule has 82 valence electrons. The molecule has 0 aliphatic rings. The Balaban J connectivity index is 3.13. The number of hydrogen-bond donors (Lipinski definition) is 0. The Morgan fingerprint density at radius 3 is 2.47 bits per heavy atom. The lowest BCUT2D eigenvalue weighted by Crippen LogP contribution is -2.17. The van der Waals surface area contributed by atoms with E-state index in [1.807, 2.05) is 0 Å². The van der Waals surface area contributed by atoms with Gasteiger partial charge in [-0.15, -0.1) is 13.2 Å². The number of nitro benzene ring substituents is 1. The highest BCUT2D eigenvalue weighted by Gasteiger charge is 2.34. The minimum absolute atomic E-state index is 0.0835. The third-order valence-corrected chi connectivity index (χ3v) is 1.58. The summed E-state index contributed by atoms with van der Waals surface area (Å²) in [5.74, 6) is -0.931. The fourth-order valence-corrected chi connectivity index (χ4v) is 1.01. The van der Waals surface area contributed by atoms with Gasteiger partial charge in [0.1, 0.15) is 0 Å². The first kappa shape index (κ1) is 11.6. The largest absolute Gasteiger partial charge is 0.573 e. The summed E-state index contributed by atoms with van der Waals surface area (Å²) in [6.45, 7) is 0. The van der Waals surface area contributed by atoms with Gasteiger partial charge in [-0.3, -0.25) is 10.1 Å². The minimum Gasteiger partial charge on any atom is -0.398 e. The molecule has 8 heteroatoms. The summed E-state index contributed by atoms with van der Waals surface area (Å²) in [6.07, 6.45) is -4.99. The van der Waals surface area contributed by atoms with Crippen LogP contribution in [0.4, 0.5) is 18.9 Å². The van der Waals surface area contributed by atoms with Gasteiger partial charge in [0.05, 0.1) is 4.92 Å². The number of ether oxygens (including phenoxy) is 1. The van der Waals surface area contributed by atoms with Crippen molar-refractivity contribution >= 4 is 17.3 Å². The van der Waals surface area contributed by atoms with E-state index in [0.717, 1.165) is 18.2 Å². The van der Waals surface area contributed by atoms with Crippen molar-refractivity contribution in [1.82, 2.24) is 0 Å². The summed E-state index contributed by atoms with van der Waals surface area (Å²) in [5, 5.41) is 10.3. The Labute approximate surface area is 86.4 Å². The Hall–Kier alpha value is -1.50. The molecule has 0 amide bonds. The maximum absolute atomic E-state index is 11.8. The molecule has 0 unspecified atom stereocenters. The zero-order chi connectivity index (χ0) is 11.6. The van der Waals surface area contributed by atoms with E-state index in [1.54, 1.807) is 0 Å². The zero-order valence-corrected chi connectivity index (χ0v) is 7.67. The van der Waals surface area contributed by atoms with Crippen LogP contribution in [0.5, 0.6) is 5.75 Å². The topological polar surface area (TPSA) is 52.4 Å². The van der Waals surface area contributed by atoms with Crippen LogP contribution >= 0.6 is 11.6 Å². The molecule has 0 spiro atoms. The average Bonchev–Trinajstić information content (AvgIpc) is 1.99. The second-order valence-electron chi connectivity index (χ2n) is 2.42. The molecule has 0 aliphatic heterocycles. The van der Waals surface area contributed by atoms with Crippen LogP contribution in [-0.2, 0) is 0 Å². The summed E-state index contributed by atoms with van der Waals surface area (Å²) < 4.78 is 38.9. The van der Waals surface area contributed by atoms with Crippen LogP contribution in [0.2, 0.25) is 5.02 Å². The summed E-state index contributed by atoms with van der Waals surface area (Å²) in [6, 6.07) is 2.67. The van der Waals surface area contributed by atoms with Gasteiger partial charge in [-0.2, -0.15) is 0 Å². The van der Waals surface area contributed by atoms with Crippen molar-refractivity contribution in [1.29, 1.82) is 0 Å². The molecule has 0 aromatic heterocycles. The second kappa shape index (κ2) is 3.93. The Kier molecular flexibility index (Phi) is 3.04. The maximum atomic E-state index is 11.8. The Bertz CT molecular complexity index is 394. The zero-order valence-electron chi connectivity index (χ0n) is 6.92. The molecular weight excluding hydrogens is 239 g/mol. The van der Waals surface area contributed by atoms with Crippen molar-refractivity contribution in [3.8, 4) is 5.75 Å². The number of benzene rings is 1. The van der Waals surface area contributed by atoms with E-state index in [-0.39, 0.29) is 5.02 Å². The number of nitro groups is 1. The van der Waals surface area contributed by atoms with Gasteiger partial charge in [-0.05, 0) is 6.07 Å². The van der Waals surface area contributed by atoms with Crippen LogP contribution < -0.4 is 4.74 Å². The molecule has 0 aliphatic carbocycles. The number of nitrogens with zero attached hydrogens (tertiary/aromatic N) is 1. The van der Waals surface area contributed by atoms with E-state index in [4.69, 9.17) is 11.6 Å². The number of rotatable bonds is 2. The van der Waals surface area contributed by atoms with E-state index in [9.17, 15) is 23.3 Å². The van der Waals surface area contributed by atoms with E-state index in [2.05, 4.69) is 4.74 Å². The first-order valence-electron chi connectivity index (χ1n) is 3.49. The molecule has 0 N–H and O–H groups in total. The Morgan fingerprint density at radius 2 is 2.00 bits per heavy atom. The van der Waals surface area contributed by atoms with Crippen LogP contribution in [-0.4, -0.2) is 11.3 Å². The molecule has 1 aromatic carbocycles. The fourth-order valence-electron chi connectivity index (χ4n) is 0.845. The van der Waals surface area contributed by atoms with Crippen LogP contribution in [0.3, 0.4) is 0 Å². The van der Waals surface area contributed by atoms with Crippen molar-refractivity contribution < 1.29 is 22.8 Å². The van der Waals surface area contributed by atoms with E-state index in [0.29, 0.717) is 0 Å². The van der Waals surface area contributed by atoms with Gasteiger partial charge in [-0.25, -0.2) is 0 Å². The van der Waals surface area contributed by atoms with E-state index in [1.165, 1.54) is 0 Å². The molecule has 15 heavy (non-hydrogen) atoms. The van der Waals surface area contributed by atoms with Gasteiger partial charge in [0.2, 0.25) is 5.75 Å². The molecule has 0 saturated carbocycles. The molecule has 4 nitrogen and oxygen atoms in total. The van der Waals surface area contributed by atoms with Crippen molar-refractivity contribution in [2.75, 3.05) is 0 Å². The standard InChI is InChI=1S/C7H3ClF3NO3/c8-4-1-2-5(12(13)14)6(3-4)15-7(9,10)11/h1-3H. The molecule has 0 atom stereocenters. The number of halogens is 4. The average molecular weight is 242 g/mol. The lowest BCUT2D eigenvalue weighted by Gasteiger charge is -2.08. The van der Waals surface area contributed by atoms with Gasteiger partial charge in [0.25, 0.3) is 0 Å². The first-order chi connectivity index (χ1) is 6.79. The molecule has 0 saturated heterocycles. The highest BCUT2D eigenvalue weighted by Crippen LogP contribution is 2.33. The predicted molar refractivity (Wildman–Crippen MR) is 44.8 cm³/mol. The van der Waals surface area contributed by atoms with Crippen molar-refractivity contribution in [2.24, 2.45) is 0 Å². The predicted octanol–water partition coefficient (Wildman–Crippen LogP) is 3.15. The number of hydrogen-bond acceptors (Lipinski definition) is 3.